The van der Waals surface area contributed by atoms with Crippen LogP contribution in [0.1, 0.15) is 11.5 Å². The molecular formula is C17H16N4O5. The predicted octanol–water partition coefficient (Wildman–Crippen LogP) is 1.86. The van der Waals surface area contributed by atoms with Crippen molar-refractivity contribution in [3.63, 3.8) is 0 Å². The van der Waals surface area contributed by atoms with Crippen LogP contribution in [0.25, 0.3) is 10.9 Å². The van der Waals surface area contributed by atoms with E-state index < -0.39 is 10.5 Å². The molecule has 0 spiro atoms. The third kappa shape index (κ3) is 3.46. The van der Waals surface area contributed by atoms with Gasteiger partial charge in [-0.2, -0.15) is 0 Å². The fourth-order valence-electron chi connectivity index (χ4n) is 2.53. The van der Waals surface area contributed by atoms with Gasteiger partial charge < -0.3 is 9.32 Å². The monoisotopic (exact) mass is 356 g/mol. The third-order valence-corrected chi connectivity index (χ3v) is 3.94. The van der Waals surface area contributed by atoms with Gasteiger partial charge in [0, 0.05) is 19.2 Å². The van der Waals surface area contributed by atoms with Crippen molar-refractivity contribution in [2.24, 2.45) is 0 Å². The molecule has 3 rings (SSSR count). The van der Waals surface area contributed by atoms with Gasteiger partial charge in [0.1, 0.15) is 18.1 Å². The van der Waals surface area contributed by atoms with Crippen LogP contribution in [0.15, 0.2) is 45.9 Å². The Morgan fingerprint density at radius 3 is 2.77 bits per heavy atom. The summed E-state index contributed by atoms with van der Waals surface area (Å²) in [7, 11) is 1.60. The third-order valence-electron chi connectivity index (χ3n) is 3.94. The summed E-state index contributed by atoms with van der Waals surface area (Å²) in [6.07, 6.45) is 1.26. The van der Waals surface area contributed by atoms with Gasteiger partial charge in [-0.1, -0.05) is 0 Å². The first-order chi connectivity index (χ1) is 12.3. The van der Waals surface area contributed by atoms with Crippen LogP contribution in [0.2, 0.25) is 0 Å². The number of hydrogen-bond acceptors (Lipinski definition) is 6. The Kier molecular flexibility index (Phi) is 4.53. The summed E-state index contributed by atoms with van der Waals surface area (Å²) in [6, 6.07) is 7.44. The minimum atomic E-state index is -0.583. The molecule has 2 heterocycles. The van der Waals surface area contributed by atoms with E-state index in [4.69, 9.17) is 4.42 Å². The van der Waals surface area contributed by atoms with Crippen LogP contribution in [-0.2, 0) is 17.9 Å². The molecule has 0 aliphatic carbocycles. The maximum absolute atomic E-state index is 12.5. The van der Waals surface area contributed by atoms with Gasteiger partial charge in [0.25, 0.3) is 11.2 Å². The van der Waals surface area contributed by atoms with Crippen LogP contribution in [0, 0.1) is 17.0 Å². The van der Waals surface area contributed by atoms with Gasteiger partial charge in [-0.25, -0.2) is 4.98 Å². The number of fused-ring (bicyclic) bond motifs is 1. The summed E-state index contributed by atoms with van der Waals surface area (Å²) in [4.78, 5) is 40.7. The van der Waals surface area contributed by atoms with Crippen molar-refractivity contribution in [2.45, 2.75) is 20.0 Å². The molecular weight excluding hydrogens is 340 g/mol. The lowest BCUT2D eigenvalue weighted by molar-refractivity contribution is -0.384. The van der Waals surface area contributed by atoms with Crippen LogP contribution in [0.3, 0.4) is 0 Å². The molecule has 1 amide bonds. The zero-order valence-electron chi connectivity index (χ0n) is 14.2. The van der Waals surface area contributed by atoms with Crippen LogP contribution in [-0.4, -0.2) is 32.3 Å². The Morgan fingerprint density at radius 2 is 2.12 bits per heavy atom. The Hall–Kier alpha value is -3.49. The van der Waals surface area contributed by atoms with Crippen molar-refractivity contribution in [3.8, 4) is 0 Å². The Labute approximate surface area is 147 Å². The van der Waals surface area contributed by atoms with Crippen molar-refractivity contribution in [1.82, 2.24) is 14.5 Å². The van der Waals surface area contributed by atoms with Gasteiger partial charge in [0.05, 0.1) is 28.7 Å². The van der Waals surface area contributed by atoms with E-state index in [1.54, 1.807) is 19.2 Å². The molecule has 9 heteroatoms. The van der Waals surface area contributed by atoms with E-state index >= 15 is 0 Å². The van der Waals surface area contributed by atoms with Gasteiger partial charge in [0.2, 0.25) is 5.91 Å². The van der Waals surface area contributed by atoms with E-state index in [2.05, 4.69) is 4.98 Å². The van der Waals surface area contributed by atoms with E-state index in [9.17, 15) is 19.7 Å². The highest BCUT2D eigenvalue weighted by atomic mass is 16.6. The zero-order chi connectivity index (χ0) is 18.8. The number of hydrogen-bond donors (Lipinski definition) is 0. The standard InChI is InChI=1S/C17H16N4O5/c1-11-3-5-13(26-11)8-19(2)16(22)9-20-10-18-15-6-4-12(21(24)25)7-14(15)17(20)23/h3-7,10H,8-9H2,1-2H3. The maximum atomic E-state index is 12.5. The first-order valence-corrected chi connectivity index (χ1v) is 7.78. The van der Waals surface area contributed by atoms with E-state index in [1.807, 2.05) is 6.92 Å². The number of rotatable bonds is 5. The first-order valence-electron chi connectivity index (χ1n) is 7.78. The Morgan fingerprint density at radius 1 is 1.35 bits per heavy atom. The average molecular weight is 356 g/mol. The summed E-state index contributed by atoms with van der Waals surface area (Å²) in [6.45, 7) is 1.86. The normalized spacial score (nSPS) is 10.8. The minimum absolute atomic E-state index is 0.0961. The fourth-order valence-corrected chi connectivity index (χ4v) is 2.53. The van der Waals surface area contributed by atoms with Crippen LogP contribution in [0.4, 0.5) is 5.69 Å². The van der Waals surface area contributed by atoms with Gasteiger partial charge in [-0.15, -0.1) is 0 Å². The first kappa shape index (κ1) is 17.3. The molecule has 9 nitrogen and oxygen atoms in total. The van der Waals surface area contributed by atoms with Crippen LogP contribution in [0.5, 0.6) is 0 Å². The summed E-state index contributed by atoms with van der Waals surface area (Å²) in [5, 5.41) is 11.0. The quantitative estimate of drug-likeness (QED) is 0.509. The fraction of sp³-hybridized carbons (Fsp3) is 0.235. The molecule has 0 radical (unpaired) electrons. The number of carbonyl (C=O) groups is 1. The highest BCUT2D eigenvalue weighted by Gasteiger charge is 2.15. The number of aryl methyl sites for hydroxylation is 1. The Balaban J connectivity index is 1.83. The summed E-state index contributed by atoms with van der Waals surface area (Å²) in [5.74, 6) is 1.07. The lowest BCUT2D eigenvalue weighted by Crippen LogP contribution is -2.33. The molecule has 2 aromatic heterocycles. The molecule has 0 aliphatic heterocycles. The largest absolute Gasteiger partial charge is 0.464 e. The van der Waals surface area contributed by atoms with Crippen molar-refractivity contribution >= 4 is 22.5 Å². The second-order valence-electron chi connectivity index (χ2n) is 5.90. The molecule has 0 N–H and O–H groups in total. The van der Waals surface area contributed by atoms with E-state index in [0.29, 0.717) is 11.3 Å². The number of amides is 1. The number of nitro groups is 1. The summed E-state index contributed by atoms with van der Waals surface area (Å²) in [5.41, 5.74) is -0.371. The highest BCUT2D eigenvalue weighted by Crippen LogP contribution is 2.16. The van der Waals surface area contributed by atoms with Crippen LogP contribution < -0.4 is 5.56 Å². The molecule has 3 aromatic rings. The molecule has 0 saturated heterocycles. The van der Waals surface area contributed by atoms with Gasteiger partial charge >= 0.3 is 0 Å². The molecule has 0 fully saturated rings. The number of nitrogens with zero attached hydrogens (tertiary/aromatic N) is 4. The van der Waals surface area contributed by atoms with E-state index in [1.165, 1.54) is 29.4 Å². The predicted molar refractivity (Wildman–Crippen MR) is 92.6 cm³/mol. The number of carbonyl (C=O) groups excluding carboxylic acids is 1. The number of likely N-dealkylation sites (N-methyl/N-ethyl adjacent to an activating group) is 1. The highest BCUT2D eigenvalue weighted by molar-refractivity contribution is 5.80. The number of benzene rings is 1. The lowest BCUT2D eigenvalue weighted by atomic mass is 10.2. The van der Waals surface area contributed by atoms with Crippen molar-refractivity contribution in [2.75, 3.05) is 7.05 Å². The van der Waals surface area contributed by atoms with Crippen molar-refractivity contribution in [3.05, 3.63) is 68.6 Å². The lowest BCUT2D eigenvalue weighted by Gasteiger charge is -2.16. The number of furan rings is 1. The molecule has 1 aromatic carbocycles. The molecule has 0 bridgehead atoms. The Bertz CT molecular complexity index is 1050. The molecule has 0 aliphatic rings. The number of non-ortho nitro benzene ring substituents is 1. The molecule has 134 valence electrons. The summed E-state index contributed by atoms with van der Waals surface area (Å²) >= 11 is 0. The van der Waals surface area contributed by atoms with Crippen molar-refractivity contribution < 1.29 is 14.1 Å². The summed E-state index contributed by atoms with van der Waals surface area (Å²) < 4.78 is 6.57. The van der Waals surface area contributed by atoms with Crippen LogP contribution >= 0.6 is 0 Å². The van der Waals surface area contributed by atoms with Gasteiger partial charge in [0.15, 0.2) is 0 Å². The minimum Gasteiger partial charge on any atom is -0.464 e. The molecule has 0 saturated carbocycles. The van der Waals surface area contributed by atoms with E-state index in [-0.39, 0.29) is 30.1 Å². The average Bonchev–Trinajstić information content (AvgIpc) is 3.01. The SMILES string of the molecule is Cc1ccc(CN(C)C(=O)Cn2cnc3ccc([N+](=O)[O-])cc3c2=O)o1. The smallest absolute Gasteiger partial charge is 0.270 e. The topological polar surface area (TPSA) is 111 Å². The molecule has 0 atom stereocenters. The second-order valence-corrected chi connectivity index (χ2v) is 5.90. The zero-order valence-corrected chi connectivity index (χ0v) is 14.2. The number of aromatic nitrogens is 2. The van der Waals surface area contributed by atoms with E-state index in [0.717, 1.165) is 10.3 Å². The second kappa shape index (κ2) is 6.79. The number of nitro benzene ring substituents is 1. The van der Waals surface area contributed by atoms with Gasteiger partial charge in [-0.3, -0.25) is 24.3 Å². The van der Waals surface area contributed by atoms with Crippen molar-refractivity contribution in [1.29, 1.82) is 0 Å². The van der Waals surface area contributed by atoms with Gasteiger partial charge in [-0.05, 0) is 25.1 Å². The molecule has 26 heavy (non-hydrogen) atoms. The maximum Gasteiger partial charge on any atom is 0.270 e. The molecule has 0 unspecified atom stereocenters.